The predicted octanol–water partition coefficient (Wildman–Crippen LogP) is 4.15. The van der Waals surface area contributed by atoms with Crippen molar-refractivity contribution in [3.8, 4) is 0 Å². The largest absolute Gasteiger partial charge is 0.320 e. The summed E-state index contributed by atoms with van der Waals surface area (Å²) in [5.74, 6) is -0.837. The van der Waals surface area contributed by atoms with Gasteiger partial charge in [0, 0.05) is 29.7 Å². The molecule has 162 valence electrons. The van der Waals surface area contributed by atoms with Crippen molar-refractivity contribution in [2.24, 2.45) is 0 Å². The minimum Gasteiger partial charge on any atom is -0.320 e. The second-order valence-corrected chi connectivity index (χ2v) is 10.4. The van der Waals surface area contributed by atoms with Gasteiger partial charge in [-0.15, -0.1) is 10.2 Å². The number of anilines is 1. The molecule has 1 aliphatic rings. The molecule has 1 saturated heterocycles. The van der Waals surface area contributed by atoms with E-state index in [0.29, 0.717) is 41.6 Å². The number of hydrogen-bond acceptors (Lipinski definition) is 6. The molecule has 0 unspecified atom stereocenters. The fraction of sp³-hybridized carbons (Fsp3) is 0.250. The number of carbonyl (C=O) groups excluding carboxylic acids is 1. The molecule has 0 atom stereocenters. The zero-order valence-electron chi connectivity index (χ0n) is 16.2. The maximum Gasteiger partial charge on any atom is 0.286 e. The molecule has 1 aliphatic heterocycles. The van der Waals surface area contributed by atoms with Crippen molar-refractivity contribution in [3.05, 3.63) is 69.4 Å². The van der Waals surface area contributed by atoms with E-state index >= 15 is 0 Å². The summed E-state index contributed by atoms with van der Waals surface area (Å²) in [7, 11) is -3.67. The number of hydrogen-bond donors (Lipinski definition) is 1. The van der Waals surface area contributed by atoms with E-state index in [1.165, 1.54) is 27.8 Å². The second-order valence-electron chi connectivity index (χ2n) is 7.04. The van der Waals surface area contributed by atoms with Crippen LogP contribution in [0.25, 0.3) is 0 Å². The summed E-state index contributed by atoms with van der Waals surface area (Å²) in [6.07, 6.45) is 1.12. The van der Waals surface area contributed by atoms with Crippen molar-refractivity contribution in [2.45, 2.75) is 23.7 Å². The fourth-order valence-corrected chi connectivity index (χ4v) is 5.91. The number of rotatable bonds is 5. The zero-order chi connectivity index (χ0) is 22.0. The summed E-state index contributed by atoms with van der Waals surface area (Å²) in [6.45, 7) is 0.627. The molecule has 1 amide bonds. The third-order valence-corrected chi connectivity index (χ3v) is 8.20. The minimum absolute atomic E-state index is 0.0184. The Kier molecular flexibility index (Phi) is 6.33. The Morgan fingerprint density at radius 2 is 1.84 bits per heavy atom. The lowest BCUT2D eigenvalue weighted by atomic mass is 9.99. The molecule has 11 heteroatoms. The molecular formula is C20H18ClFN4O3S2. The summed E-state index contributed by atoms with van der Waals surface area (Å²) in [4.78, 5) is 12.5. The van der Waals surface area contributed by atoms with Crippen molar-refractivity contribution in [3.63, 3.8) is 0 Å². The molecule has 31 heavy (non-hydrogen) atoms. The second kappa shape index (κ2) is 8.99. The molecular weight excluding hydrogens is 463 g/mol. The summed E-state index contributed by atoms with van der Waals surface area (Å²) >= 11 is 7.13. The summed E-state index contributed by atoms with van der Waals surface area (Å²) in [6, 6.07) is 11.6. The number of halogens is 2. The number of benzene rings is 2. The molecule has 0 radical (unpaired) electrons. The van der Waals surface area contributed by atoms with E-state index in [0.717, 1.165) is 12.1 Å². The molecule has 0 bridgehead atoms. The van der Waals surface area contributed by atoms with Gasteiger partial charge in [0.05, 0.1) is 4.90 Å². The highest BCUT2D eigenvalue weighted by Crippen LogP contribution is 2.32. The third-order valence-electron chi connectivity index (χ3n) is 4.97. The number of carbonyl (C=O) groups is 1. The lowest BCUT2D eigenvalue weighted by Gasteiger charge is -2.30. The number of sulfonamides is 1. The first-order chi connectivity index (χ1) is 14.8. The maximum absolute atomic E-state index is 13.1. The Morgan fingerprint density at radius 1 is 1.13 bits per heavy atom. The molecule has 1 N–H and O–H groups in total. The van der Waals surface area contributed by atoms with E-state index in [9.17, 15) is 17.6 Å². The molecule has 3 aromatic rings. The third kappa shape index (κ3) is 4.93. The van der Waals surface area contributed by atoms with Crippen LogP contribution in [0.4, 0.5) is 10.1 Å². The molecule has 1 fully saturated rings. The van der Waals surface area contributed by atoms with Crippen molar-refractivity contribution in [2.75, 3.05) is 18.4 Å². The molecule has 7 nitrogen and oxygen atoms in total. The van der Waals surface area contributed by atoms with E-state index in [-0.39, 0.29) is 21.7 Å². The Morgan fingerprint density at radius 3 is 2.52 bits per heavy atom. The van der Waals surface area contributed by atoms with E-state index < -0.39 is 15.8 Å². The highest BCUT2D eigenvalue weighted by Gasteiger charge is 2.31. The number of nitrogens with zero attached hydrogens (tertiary/aromatic N) is 3. The van der Waals surface area contributed by atoms with Crippen LogP contribution in [0.1, 0.15) is 33.6 Å². The number of amides is 1. The summed E-state index contributed by atoms with van der Waals surface area (Å²) in [5.41, 5.74) is 0.563. The number of nitrogens with one attached hydrogen (secondary N) is 1. The number of piperidine rings is 1. The van der Waals surface area contributed by atoms with Crippen molar-refractivity contribution >= 4 is 44.6 Å². The molecule has 2 aromatic carbocycles. The molecule has 4 rings (SSSR count). The average molecular weight is 481 g/mol. The van der Waals surface area contributed by atoms with Crippen LogP contribution >= 0.6 is 22.9 Å². The van der Waals surface area contributed by atoms with Gasteiger partial charge in [-0.2, -0.15) is 4.31 Å². The van der Waals surface area contributed by atoms with Gasteiger partial charge in [0.25, 0.3) is 5.91 Å². The van der Waals surface area contributed by atoms with Crippen LogP contribution in [-0.2, 0) is 10.0 Å². The maximum atomic E-state index is 13.1. The lowest BCUT2D eigenvalue weighted by Crippen LogP contribution is -2.37. The molecule has 0 spiro atoms. The van der Waals surface area contributed by atoms with Gasteiger partial charge in [-0.25, -0.2) is 12.8 Å². The molecule has 2 heterocycles. The first kappa shape index (κ1) is 21.8. The normalized spacial score (nSPS) is 15.7. The van der Waals surface area contributed by atoms with Crippen molar-refractivity contribution < 1.29 is 17.6 Å². The Labute approximate surface area is 187 Å². The molecule has 0 aliphatic carbocycles. The first-order valence-electron chi connectivity index (χ1n) is 9.49. The Balaban J connectivity index is 1.39. The molecule has 1 aromatic heterocycles. The van der Waals surface area contributed by atoms with E-state index in [2.05, 4.69) is 15.5 Å². The minimum atomic E-state index is -3.67. The van der Waals surface area contributed by atoms with Crippen molar-refractivity contribution in [1.82, 2.24) is 14.5 Å². The topological polar surface area (TPSA) is 92.3 Å². The fourth-order valence-electron chi connectivity index (χ4n) is 3.34. The standard InChI is InChI=1S/C20H18ClFN4O3S2/c21-14-2-1-3-16(12-14)23-18(27)20-25-24-19(30-20)13-8-10-26(11-9-13)31(28,29)17-6-4-15(22)5-7-17/h1-7,12-13H,8-11H2,(H,23,27). The van der Waals surface area contributed by atoms with Crippen LogP contribution < -0.4 is 5.32 Å². The Bertz CT molecular complexity index is 1190. The predicted molar refractivity (Wildman–Crippen MR) is 116 cm³/mol. The highest BCUT2D eigenvalue weighted by atomic mass is 35.5. The SMILES string of the molecule is O=C(Nc1cccc(Cl)c1)c1nnc(C2CCN(S(=O)(=O)c3ccc(F)cc3)CC2)s1. The summed E-state index contributed by atoms with van der Waals surface area (Å²) < 4.78 is 40.0. The zero-order valence-corrected chi connectivity index (χ0v) is 18.6. The van der Waals surface area contributed by atoms with Gasteiger partial charge in [-0.1, -0.05) is 29.0 Å². The van der Waals surface area contributed by atoms with Gasteiger partial charge >= 0.3 is 0 Å². The van der Waals surface area contributed by atoms with Gasteiger partial charge in [0.2, 0.25) is 15.0 Å². The average Bonchev–Trinajstić information content (AvgIpc) is 3.25. The van der Waals surface area contributed by atoms with Gasteiger partial charge < -0.3 is 5.32 Å². The van der Waals surface area contributed by atoms with E-state index in [1.54, 1.807) is 24.3 Å². The number of aromatic nitrogens is 2. The van der Waals surface area contributed by atoms with Gasteiger partial charge in [0.15, 0.2) is 0 Å². The van der Waals surface area contributed by atoms with Gasteiger partial charge in [0.1, 0.15) is 10.8 Å². The summed E-state index contributed by atoms with van der Waals surface area (Å²) in [5, 5.41) is 12.3. The van der Waals surface area contributed by atoms with Crippen LogP contribution in [0.2, 0.25) is 5.02 Å². The Hall–Kier alpha value is -2.40. The smallest absolute Gasteiger partial charge is 0.286 e. The van der Waals surface area contributed by atoms with Gasteiger partial charge in [-0.3, -0.25) is 4.79 Å². The van der Waals surface area contributed by atoms with Crippen molar-refractivity contribution in [1.29, 1.82) is 0 Å². The first-order valence-corrected chi connectivity index (χ1v) is 12.1. The van der Waals surface area contributed by atoms with E-state index in [1.807, 2.05) is 0 Å². The van der Waals surface area contributed by atoms with Gasteiger partial charge in [-0.05, 0) is 55.3 Å². The van der Waals surface area contributed by atoms with E-state index in [4.69, 9.17) is 11.6 Å². The monoisotopic (exact) mass is 480 g/mol. The highest BCUT2D eigenvalue weighted by molar-refractivity contribution is 7.89. The van der Waals surface area contributed by atoms with Crippen LogP contribution in [-0.4, -0.2) is 41.9 Å². The van der Waals surface area contributed by atoms with Crippen LogP contribution in [0.3, 0.4) is 0 Å². The van der Waals surface area contributed by atoms with Crippen LogP contribution in [0.15, 0.2) is 53.4 Å². The lowest BCUT2D eigenvalue weighted by molar-refractivity contribution is 0.102. The van der Waals surface area contributed by atoms with Crippen LogP contribution in [0, 0.1) is 5.82 Å². The molecule has 0 saturated carbocycles. The quantitative estimate of drug-likeness (QED) is 0.592. The van der Waals surface area contributed by atoms with Crippen LogP contribution in [0.5, 0.6) is 0 Å².